The van der Waals surface area contributed by atoms with Gasteiger partial charge in [-0.25, -0.2) is 31.9 Å². The lowest BCUT2D eigenvalue weighted by Crippen LogP contribution is -2.54. The number of benzene rings is 1. The van der Waals surface area contributed by atoms with E-state index in [1.54, 1.807) is 12.3 Å². The highest BCUT2D eigenvalue weighted by atomic mass is 32.1. The van der Waals surface area contributed by atoms with Crippen LogP contribution in [0.1, 0.15) is 39.5 Å². The Morgan fingerprint density at radius 3 is 2.68 bits per heavy atom. The van der Waals surface area contributed by atoms with Gasteiger partial charge in [-0.2, -0.15) is 0 Å². The fourth-order valence-corrected chi connectivity index (χ4v) is 3.88. The maximum atomic E-state index is 14.6. The van der Waals surface area contributed by atoms with E-state index in [2.05, 4.69) is 9.98 Å². The van der Waals surface area contributed by atoms with Crippen LogP contribution >= 0.6 is 11.3 Å². The molecule has 1 aromatic carbocycles. The highest BCUT2D eigenvalue weighted by molar-refractivity contribution is 7.11. The highest BCUT2D eigenvalue weighted by Gasteiger charge is 2.63. The van der Waals surface area contributed by atoms with Crippen LogP contribution in [0.3, 0.4) is 0 Å². The molecule has 0 aliphatic carbocycles. The first-order chi connectivity index (χ1) is 13.1. The van der Waals surface area contributed by atoms with Crippen molar-refractivity contribution in [1.82, 2.24) is 4.98 Å². The van der Waals surface area contributed by atoms with E-state index in [-0.39, 0.29) is 23.4 Å². The minimum Gasteiger partial charge on any atom is -0.387 e. The van der Waals surface area contributed by atoms with Gasteiger partial charge in [0.1, 0.15) is 5.82 Å². The second-order valence-electron chi connectivity index (χ2n) is 6.58. The van der Waals surface area contributed by atoms with Crippen LogP contribution < -0.4 is 5.73 Å². The summed E-state index contributed by atoms with van der Waals surface area (Å²) in [5.74, 6) is -6.11. The number of alkyl halides is 4. The topological polar surface area (TPSA) is 68.3 Å². The van der Waals surface area contributed by atoms with E-state index in [9.17, 15) is 26.7 Å². The summed E-state index contributed by atoms with van der Waals surface area (Å²) in [4.78, 5) is 19.7. The van der Waals surface area contributed by atoms with Crippen LogP contribution in [0.15, 0.2) is 28.6 Å². The molecule has 10 heteroatoms. The summed E-state index contributed by atoms with van der Waals surface area (Å²) >= 11 is 1.10. The number of aliphatic imine (C=N–C) groups is 1. The standard InChI is InChI=1S/C18H16F5N3OS/c1-9-8-28-15(25-9)13(27)7-10-2-3-12(19)11(6-10)18(16(20)21)17(22,23)5-4-14(24)26-18/h2-3,6,8,16H,4-5,7H2,1H3,(H2,24,26)/t18-/m0/s1. The van der Waals surface area contributed by atoms with E-state index in [4.69, 9.17) is 5.73 Å². The summed E-state index contributed by atoms with van der Waals surface area (Å²) in [6.07, 6.45) is -5.36. The summed E-state index contributed by atoms with van der Waals surface area (Å²) in [6, 6.07) is 2.81. The molecule has 4 nitrogen and oxygen atoms in total. The third-order valence-corrected chi connectivity index (χ3v) is 5.55. The highest BCUT2D eigenvalue weighted by Crippen LogP contribution is 2.51. The average Bonchev–Trinajstić information content (AvgIpc) is 3.05. The molecule has 2 aromatic rings. The second kappa shape index (κ2) is 7.23. The predicted octanol–water partition coefficient (Wildman–Crippen LogP) is 4.26. The Bertz CT molecular complexity index is 943. The maximum absolute atomic E-state index is 14.6. The first kappa shape index (κ1) is 20.4. The van der Waals surface area contributed by atoms with Crippen molar-refractivity contribution in [2.24, 2.45) is 10.7 Å². The van der Waals surface area contributed by atoms with Crippen molar-refractivity contribution in [3.8, 4) is 0 Å². The van der Waals surface area contributed by atoms with Gasteiger partial charge in [-0.05, 0) is 24.6 Å². The van der Waals surface area contributed by atoms with Crippen LogP contribution in [0.4, 0.5) is 22.0 Å². The van der Waals surface area contributed by atoms with Crippen LogP contribution in [0, 0.1) is 12.7 Å². The number of hydrogen-bond donors (Lipinski definition) is 1. The molecular weight excluding hydrogens is 401 g/mol. The van der Waals surface area contributed by atoms with Gasteiger partial charge in [0.05, 0.1) is 5.84 Å². The number of halogens is 5. The normalized spacial score (nSPS) is 21.6. The predicted molar refractivity (Wildman–Crippen MR) is 94.8 cm³/mol. The third-order valence-electron chi connectivity index (χ3n) is 4.55. The van der Waals surface area contributed by atoms with Gasteiger partial charge in [0, 0.05) is 35.9 Å². The summed E-state index contributed by atoms with van der Waals surface area (Å²) in [7, 11) is 0. The van der Waals surface area contributed by atoms with Gasteiger partial charge in [-0.15, -0.1) is 11.3 Å². The van der Waals surface area contributed by atoms with Crippen molar-refractivity contribution in [2.45, 2.75) is 44.1 Å². The molecule has 0 spiro atoms. The Kier molecular flexibility index (Phi) is 5.26. The number of ketones is 1. The zero-order chi connectivity index (χ0) is 20.7. The molecule has 1 atom stereocenters. The van der Waals surface area contributed by atoms with E-state index < -0.39 is 47.3 Å². The minimum absolute atomic E-state index is 0.101. The lowest BCUT2D eigenvalue weighted by atomic mass is 9.79. The summed E-state index contributed by atoms with van der Waals surface area (Å²) < 4.78 is 71.4. The number of Topliss-reactive ketones (excluding diaryl/α,β-unsaturated/α-hetero) is 1. The molecule has 28 heavy (non-hydrogen) atoms. The molecule has 1 aliphatic rings. The van der Waals surface area contributed by atoms with Crippen LogP contribution in [0.2, 0.25) is 0 Å². The van der Waals surface area contributed by atoms with Crippen LogP contribution in [0.5, 0.6) is 0 Å². The van der Waals surface area contributed by atoms with Gasteiger partial charge < -0.3 is 5.73 Å². The van der Waals surface area contributed by atoms with Gasteiger partial charge >= 0.3 is 0 Å². The number of aromatic nitrogens is 1. The molecule has 0 amide bonds. The monoisotopic (exact) mass is 417 g/mol. The average molecular weight is 417 g/mol. The lowest BCUT2D eigenvalue weighted by molar-refractivity contribution is -0.145. The van der Waals surface area contributed by atoms with Gasteiger partial charge in [-0.3, -0.25) is 4.79 Å². The van der Waals surface area contributed by atoms with E-state index >= 15 is 0 Å². The quantitative estimate of drug-likeness (QED) is 0.584. The summed E-state index contributed by atoms with van der Waals surface area (Å²) in [5.41, 5.74) is 1.78. The molecule has 3 rings (SSSR count). The number of nitrogens with zero attached hydrogens (tertiary/aromatic N) is 2. The maximum Gasteiger partial charge on any atom is 0.283 e. The summed E-state index contributed by atoms with van der Waals surface area (Å²) in [6.45, 7) is 1.70. The Morgan fingerprint density at radius 2 is 2.07 bits per heavy atom. The third kappa shape index (κ3) is 3.41. The van der Waals surface area contributed by atoms with Gasteiger partial charge in [0.15, 0.2) is 10.8 Å². The van der Waals surface area contributed by atoms with Crippen molar-refractivity contribution < 1.29 is 26.7 Å². The first-order valence-corrected chi connectivity index (χ1v) is 9.19. The molecule has 0 saturated heterocycles. The number of nitrogens with two attached hydrogens (primary N) is 1. The minimum atomic E-state index is -4.01. The zero-order valence-corrected chi connectivity index (χ0v) is 15.5. The molecule has 0 radical (unpaired) electrons. The van der Waals surface area contributed by atoms with E-state index in [0.717, 1.165) is 23.5 Å². The molecule has 1 aromatic heterocycles. The molecule has 0 unspecified atom stereocenters. The molecule has 2 heterocycles. The molecular formula is C18H16F5N3OS. The number of hydrogen-bond acceptors (Lipinski definition) is 5. The lowest BCUT2D eigenvalue weighted by Gasteiger charge is -2.40. The van der Waals surface area contributed by atoms with E-state index in [0.29, 0.717) is 5.69 Å². The zero-order valence-electron chi connectivity index (χ0n) is 14.7. The fraction of sp³-hybridized carbons (Fsp3) is 0.389. The van der Waals surface area contributed by atoms with E-state index in [1.807, 2.05) is 0 Å². The van der Waals surface area contributed by atoms with Crippen molar-refractivity contribution >= 4 is 23.0 Å². The van der Waals surface area contributed by atoms with Crippen molar-refractivity contribution in [1.29, 1.82) is 0 Å². The molecule has 2 N–H and O–H groups in total. The first-order valence-electron chi connectivity index (χ1n) is 8.31. The smallest absolute Gasteiger partial charge is 0.283 e. The molecule has 0 bridgehead atoms. The SMILES string of the molecule is Cc1csc(C(=O)Cc2ccc(F)c([C@@]3(C(F)F)N=C(N)CCC3(F)F)c2)n1. The molecule has 1 aliphatic heterocycles. The summed E-state index contributed by atoms with van der Waals surface area (Å²) in [5, 5.41) is 1.85. The number of amidine groups is 1. The Hall–Kier alpha value is -2.36. The number of carbonyl (C=O) groups excluding carboxylic acids is 1. The van der Waals surface area contributed by atoms with Crippen molar-refractivity contribution in [2.75, 3.05) is 0 Å². The fourth-order valence-electron chi connectivity index (χ4n) is 3.14. The number of aryl methyl sites for hydroxylation is 1. The molecule has 0 saturated carbocycles. The Balaban J connectivity index is 2.07. The van der Waals surface area contributed by atoms with Crippen molar-refractivity contribution in [3.05, 3.63) is 51.2 Å². The molecule has 150 valence electrons. The van der Waals surface area contributed by atoms with Crippen LogP contribution in [-0.2, 0) is 12.0 Å². The van der Waals surface area contributed by atoms with Crippen molar-refractivity contribution in [3.63, 3.8) is 0 Å². The van der Waals surface area contributed by atoms with E-state index in [1.165, 1.54) is 6.07 Å². The Morgan fingerprint density at radius 1 is 1.36 bits per heavy atom. The number of rotatable bonds is 5. The largest absolute Gasteiger partial charge is 0.387 e. The molecule has 0 fully saturated rings. The van der Waals surface area contributed by atoms with Crippen LogP contribution in [0.25, 0.3) is 0 Å². The second-order valence-corrected chi connectivity index (χ2v) is 7.44. The number of thiazole rings is 1. The number of carbonyl (C=O) groups is 1. The van der Waals surface area contributed by atoms with Gasteiger partial charge in [0.25, 0.3) is 12.3 Å². The van der Waals surface area contributed by atoms with Crippen LogP contribution in [-0.4, -0.2) is 29.0 Å². The van der Waals surface area contributed by atoms with Gasteiger partial charge in [0.2, 0.25) is 5.54 Å². The Labute approximate surface area is 161 Å². The van der Waals surface area contributed by atoms with Gasteiger partial charge in [-0.1, -0.05) is 6.07 Å².